The Labute approximate surface area is 295 Å². The molecule has 0 fully saturated rings. The average molecular weight is 680 g/mol. The molecule has 1 aromatic heterocycles. The summed E-state index contributed by atoms with van der Waals surface area (Å²) >= 11 is 0. The molecule has 14 heteroatoms. The standard InChI is InChI=1S/C34H32F5N3O5.Na/c1-19-22(16-23-24(34(37,38)39)11-7-12-25(23)35)32-41-17-26(31(20-8-4-3-5-9-20)40-14-15-47-18-28(43)44)42(32)33(45)29(19)21-10-6-13-27(46-2)30(21)36;/h3-13,26,31,40-41H,14-18H2,1-2H3,(H,43,44);/q;+1/p-1/t26-,31?;/m1./s1. The number of aromatic nitrogens is 1. The van der Waals surface area contributed by atoms with Gasteiger partial charge in [0, 0.05) is 36.2 Å². The number of carbonyl (C=O) groups excluding carboxylic acids is 1. The van der Waals surface area contributed by atoms with Crippen molar-refractivity contribution in [3.8, 4) is 16.9 Å². The topological polar surface area (TPSA) is 105 Å². The maximum Gasteiger partial charge on any atom is 1.00 e. The molecule has 3 aromatic carbocycles. The summed E-state index contributed by atoms with van der Waals surface area (Å²) in [4.78, 5) is 25.2. The Balaban J connectivity index is 0.00000520. The van der Waals surface area contributed by atoms with Gasteiger partial charge >= 0.3 is 35.7 Å². The van der Waals surface area contributed by atoms with Crippen molar-refractivity contribution >= 4 is 11.8 Å². The van der Waals surface area contributed by atoms with Gasteiger partial charge in [-0.1, -0.05) is 48.5 Å². The summed E-state index contributed by atoms with van der Waals surface area (Å²) in [7, 11) is 1.26. The Morgan fingerprint density at radius 1 is 1.06 bits per heavy atom. The summed E-state index contributed by atoms with van der Waals surface area (Å²) in [6.45, 7) is 1.16. The normalized spacial score (nSPS) is 14.5. The number of aliphatic carboxylic acids is 1. The van der Waals surface area contributed by atoms with E-state index in [2.05, 4.69) is 10.6 Å². The maximum atomic E-state index is 15.8. The SMILES string of the molecule is COc1cccc(-c2c(C)c(Cc3c(F)cccc3C(F)(F)F)c3n(c2=O)[C@@H](C(NCCOCC(=O)[O-])c2ccccc2)CN3)c1F.[Na+]. The van der Waals surface area contributed by atoms with Gasteiger partial charge in [0.15, 0.2) is 11.6 Å². The van der Waals surface area contributed by atoms with E-state index in [9.17, 15) is 27.9 Å². The van der Waals surface area contributed by atoms with Crippen molar-refractivity contribution in [1.82, 2.24) is 9.88 Å². The van der Waals surface area contributed by atoms with Gasteiger partial charge in [0.25, 0.3) is 5.56 Å². The third-order valence-electron chi connectivity index (χ3n) is 8.20. The van der Waals surface area contributed by atoms with Crippen LogP contribution in [0.5, 0.6) is 5.75 Å². The van der Waals surface area contributed by atoms with Crippen LogP contribution in [0.25, 0.3) is 11.1 Å². The molecule has 248 valence electrons. The van der Waals surface area contributed by atoms with Crippen LogP contribution in [0.4, 0.5) is 27.8 Å². The quantitative estimate of drug-likeness (QED) is 0.134. The summed E-state index contributed by atoms with van der Waals surface area (Å²) in [5.74, 6) is -3.26. The van der Waals surface area contributed by atoms with E-state index in [1.165, 1.54) is 36.8 Å². The van der Waals surface area contributed by atoms with Crippen molar-refractivity contribution in [3.05, 3.63) is 117 Å². The van der Waals surface area contributed by atoms with Gasteiger partial charge in [0.05, 0.1) is 49.5 Å². The number of carbonyl (C=O) groups is 1. The molecule has 5 rings (SSSR count). The first-order valence-electron chi connectivity index (χ1n) is 14.7. The van der Waals surface area contributed by atoms with Crippen LogP contribution in [0.1, 0.15) is 39.9 Å². The number of hydrogen-bond donors (Lipinski definition) is 2. The van der Waals surface area contributed by atoms with E-state index in [-0.39, 0.29) is 83.1 Å². The Hall–Kier alpha value is -3.75. The number of nitrogens with one attached hydrogen (secondary N) is 2. The first-order valence-corrected chi connectivity index (χ1v) is 14.7. The van der Waals surface area contributed by atoms with Gasteiger partial charge in [-0.3, -0.25) is 9.36 Å². The van der Waals surface area contributed by atoms with E-state index in [0.717, 1.165) is 23.8 Å². The second kappa shape index (κ2) is 15.6. The van der Waals surface area contributed by atoms with Crippen molar-refractivity contribution in [1.29, 1.82) is 0 Å². The van der Waals surface area contributed by atoms with Crippen LogP contribution in [0, 0.1) is 18.6 Å². The molecule has 0 radical (unpaired) electrons. The van der Waals surface area contributed by atoms with Gasteiger partial charge in [0.2, 0.25) is 0 Å². The Bertz CT molecular complexity index is 1840. The van der Waals surface area contributed by atoms with Crippen LogP contribution in [0.2, 0.25) is 0 Å². The van der Waals surface area contributed by atoms with E-state index in [4.69, 9.17) is 9.47 Å². The van der Waals surface area contributed by atoms with Crippen molar-refractivity contribution in [2.45, 2.75) is 31.6 Å². The number of alkyl halides is 3. The molecule has 0 saturated heterocycles. The van der Waals surface area contributed by atoms with Gasteiger partial charge in [-0.2, -0.15) is 13.2 Å². The van der Waals surface area contributed by atoms with Crippen LogP contribution in [0.3, 0.4) is 0 Å². The Morgan fingerprint density at radius 2 is 1.77 bits per heavy atom. The molecule has 0 spiro atoms. The number of fused-ring (bicyclic) bond motifs is 1. The van der Waals surface area contributed by atoms with Crippen LogP contribution in [0.15, 0.2) is 71.5 Å². The van der Waals surface area contributed by atoms with Gasteiger partial charge in [-0.25, -0.2) is 8.78 Å². The number of ether oxygens (including phenoxy) is 2. The van der Waals surface area contributed by atoms with Crippen molar-refractivity contribution in [2.75, 3.05) is 38.7 Å². The van der Waals surface area contributed by atoms with E-state index in [0.29, 0.717) is 0 Å². The van der Waals surface area contributed by atoms with Crippen molar-refractivity contribution in [3.63, 3.8) is 0 Å². The molecule has 1 aliphatic heterocycles. The average Bonchev–Trinajstić information content (AvgIpc) is 3.47. The molecular formula is C34H31F5N3NaO5. The minimum Gasteiger partial charge on any atom is -0.548 e. The summed E-state index contributed by atoms with van der Waals surface area (Å²) in [6.07, 6.45) is -5.42. The molecule has 2 atom stereocenters. The second-order valence-electron chi connectivity index (χ2n) is 11.0. The molecule has 0 aliphatic carbocycles. The number of nitrogens with zero attached hydrogens (tertiary/aromatic N) is 1. The predicted octanol–water partition coefficient (Wildman–Crippen LogP) is 1.79. The van der Waals surface area contributed by atoms with Crippen molar-refractivity contribution < 1.29 is 70.9 Å². The molecule has 2 N–H and O–H groups in total. The van der Waals surface area contributed by atoms with Gasteiger partial charge in [-0.15, -0.1) is 0 Å². The summed E-state index contributed by atoms with van der Waals surface area (Å²) < 4.78 is 84.7. The molecule has 48 heavy (non-hydrogen) atoms. The maximum absolute atomic E-state index is 15.8. The van der Waals surface area contributed by atoms with E-state index in [1.54, 1.807) is 18.2 Å². The van der Waals surface area contributed by atoms with Gasteiger partial charge in [-0.05, 0) is 36.2 Å². The zero-order chi connectivity index (χ0) is 33.9. The van der Waals surface area contributed by atoms with Crippen LogP contribution >= 0.6 is 0 Å². The molecule has 0 bridgehead atoms. The number of carboxylic acid groups (broad SMARTS) is 1. The number of methoxy groups -OCH3 is 1. The molecule has 8 nitrogen and oxygen atoms in total. The summed E-state index contributed by atoms with van der Waals surface area (Å²) in [5.41, 5.74) is -1.53. The molecule has 1 unspecified atom stereocenters. The largest absolute Gasteiger partial charge is 1.00 e. The van der Waals surface area contributed by atoms with E-state index < -0.39 is 65.6 Å². The molecule has 1 aliphatic rings. The van der Waals surface area contributed by atoms with Crippen LogP contribution < -0.4 is 55.6 Å². The number of hydrogen-bond acceptors (Lipinski definition) is 7. The zero-order valence-corrected chi connectivity index (χ0v) is 28.4. The number of benzene rings is 3. The monoisotopic (exact) mass is 679 g/mol. The Morgan fingerprint density at radius 3 is 2.44 bits per heavy atom. The predicted molar refractivity (Wildman–Crippen MR) is 162 cm³/mol. The van der Waals surface area contributed by atoms with Crippen molar-refractivity contribution in [2.24, 2.45) is 0 Å². The second-order valence-corrected chi connectivity index (χ2v) is 11.0. The Kier molecular flexibility index (Phi) is 12.1. The molecule has 0 amide bonds. The van der Waals surface area contributed by atoms with E-state index in [1.807, 2.05) is 12.1 Å². The third kappa shape index (κ3) is 7.60. The summed E-state index contributed by atoms with van der Waals surface area (Å²) in [6, 6.07) is 14.6. The minimum absolute atomic E-state index is 0. The number of anilines is 1. The molecular weight excluding hydrogens is 648 g/mol. The van der Waals surface area contributed by atoms with E-state index >= 15 is 8.78 Å². The van der Waals surface area contributed by atoms with Gasteiger partial charge in [0.1, 0.15) is 11.6 Å². The van der Waals surface area contributed by atoms with Gasteiger partial charge < -0.3 is 30.0 Å². The minimum atomic E-state index is -4.86. The fourth-order valence-corrected chi connectivity index (χ4v) is 6.08. The number of rotatable bonds is 12. The fourth-order valence-electron chi connectivity index (χ4n) is 6.08. The van der Waals surface area contributed by atoms with Crippen LogP contribution in [-0.2, 0) is 22.1 Å². The molecule has 4 aromatic rings. The summed E-state index contributed by atoms with van der Waals surface area (Å²) in [5, 5.41) is 17.2. The first kappa shape index (κ1) is 37.1. The number of pyridine rings is 1. The molecule has 2 heterocycles. The van der Waals surface area contributed by atoms with Crippen LogP contribution in [-0.4, -0.2) is 43.9 Å². The third-order valence-corrected chi connectivity index (χ3v) is 8.20. The zero-order valence-electron chi connectivity index (χ0n) is 26.4. The number of carboxylic acids is 1. The smallest absolute Gasteiger partial charge is 0.548 e. The number of halogens is 5. The fraction of sp³-hybridized carbons (Fsp3) is 0.294. The molecule has 0 saturated carbocycles. The first-order chi connectivity index (χ1) is 22.4.